The van der Waals surface area contributed by atoms with E-state index in [-0.39, 0.29) is 17.1 Å². The molecule has 0 radical (unpaired) electrons. The van der Waals surface area contributed by atoms with Gasteiger partial charge in [-0.25, -0.2) is 4.98 Å². The Balaban J connectivity index is 2.44. The Morgan fingerprint density at radius 3 is 2.50 bits per heavy atom. The third kappa shape index (κ3) is 2.18. The summed E-state index contributed by atoms with van der Waals surface area (Å²) in [6.45, 7) is 1.65. The minimum atomic E-state index is -0.765. The zero-order valence-electron chi connectivity index (χ0n) is 9.89. The number of anilines is 2. The van der Waals surface area contributed by atoms with E-state index in [1.807, 2.05) is 4.90 Å². The van der Waals surface area contributed by atoms with Crippen molar-refractivity contribution < 1.29 is 4.79 Å². The maximum atomic E-state index is 11.3. The first-order valence-electron chi connectivity index (χ1n) is 5.76. The highest BCUT2D eigenvalue weighted by Crippen LogP contribution is 2.20. The monoisotopic (exact) mass is 246 g/mol. The van der Waals surface area contributed by atoms with E-state index < -0.39 is 5.91 Å². The Morgan fingerprint density at radius 1 is 1.28 bits per heavy atom. The van der Waals surface area contributed by atoms with Crippen LogP contribution in [-0.4, -0.2) is 29.0 Å². The van der Waals surface area contributed by atoms with Crippen molar-refractivity contribution in [1.82, 2.24) is 9.97 Å². The molecule has 0 aliphatic carbocycles. The fourth-order valence-electron chi connectivity index (χ4n) is 1.99. The summed E-state index contributed by atoms with van der Waals surface area (Å²) in [6, 6.07) is 1.81. The van der Waals surface area contributed by atoms with Crippen LogP contribution in [0.3, 0.4) is 0 Å². The first-order chi connectivity index (χ1) is 8.63. The third-order valence-corrected chi connectivity index (χ3v) is 2.91. The van der Waals surface area contributed by atoms with Gasteiger partial charge in [0.25, 0.3) is 5.91 Å². The van der Waals surface area contributed by atoms with Crippen LogP contribution in [-0.2, 0) is 0 Å². The Bertz CT molecular complexity index is 515. The molecule has 1 saturated heterocycles. The summed E-state index contributed by atoms with van der Waals surface area (Å²) in [4.78, 5) is 21.4. The molecule has 4 N–H and O–H groups in total. The number of hydrogen-bond acceptors (Lipinski definition) is 6. The SMILES string of the molecule is N#Cc1c(N)nc(N2CCCCC2)nc1C(N)=O. The summed E-state index contributed by atoms with van der Waals surface area (Å²) in [5.74, 6) is -0.388. The molecule has 0 aromatic carbocycles. The van der Waals surface area contributed by atoms with Crippen LogP contribution >= 0.6 is 0 Å². The standard InChI is InChI=1S/C11H14N6O/c12-6-7-8(10(14)18)15-11(16-9(7)13)17-4-2-1-3-5-17/h1-5H2,(H2,14,18)(H2,13,15,16). The number of nitriles is 1. The molecule has 0 bridgehead atoms. The van der Waals surface area contributed by atoms with E-state index in [2.05, 4.69) is 9.97 Å². The molecule has 0 spiro atoms. The molecular formula is C11H14N6O. The zero-order chi connectivity index (χ0) is 13.1. The van der Waals surface area contributed by atoms with E-state index in [0.717, 1.165) is 25.9 Å². The molecule has 0 saturated carbocycles. The van der Waals surface area contributed by atoms with Crippen LogP contribution in [0.15, 0.2) is 0 Å². The Labute approximate surface area is 104 Å². The second-order valence-corrected chi connectivity index (χ2v) is 4.16. The van der Waals surface area contributed by atoms with E-state index in [9.17, 15) is 4.79 Å². The number of piperidine rings is 1. The number of rotatable bonds is 2. The number of nitrogens with two attached hydrogens (primary N) is 2. The van der Waals surface area contributed by atoms with Crippen molar-refractivity contribution in [3.05, 3.63) is 11.3 Å². The second-order valence-electron chi connectivity index (χ2n) is 4.16. The molecule has 2 heterocycles. The average Bonchev–Trinajstić information content (AvgIpc) is 2.38. The van der Waals surface area contributed by atoms with Crippen molar-refractivity contribution in [1.29, 1.82) is 5.26 Å². The summed E-state index contributed by atoms with van der Waals surface area (Å²) in [5, 5.41) is 8.92. The van der Waals surface area contributed by atoms with Crippen molar-refractivity contribution in [3.63, 3.8) is 0 Å². The number of carbonyl (C=O) groups is 1. The molecule has 7 heteroatoms. The lowest BCUT2D eigenvalue weighted by Crippen LogP contribution is -2.32. The highest BCUT2D eigenvalue weighted by Gasteiger charge is 2.20. The maximum absolute atomic E-state index is 11.3. The van der Waals surface area contributed by atoms with Gasteiger partial charge in [0, 0.05) is 13.1 Å². The number of amides is 1. The first kappa shape index (κ1) is 12.1. The summed E-state index contributed by atoms with van der Waals surface area (Å²) < 4.78 is 0. The molecule has 94 valence electrons. The molecular weight excluding hydrogens is 232 g/mol. The van der Waals surface area contributed by atoms with E-state index in [1.165, 1.54) is 6.42 Å². The van der Waals surface area contributed by atoms with Gasteiger partial charge in [-0.05, 0) is 19.3 Å². The quantitative estimate of drug-likeness (QED) is 0.758. The molecule has 1 aliphatic rings. The number of primary amides is 1. The predicted octanol–water partition coefficient (Wildman–Crippen LogP) is 0.0197. The van der Waals surface area contributed by atoms with E-state index in [0.29, 0.717) is 5.95 Å². The van der Waals surface area contributed by atoms with Crippen molar-refractivity contribution in [2.75, 3.05) is 23.7 Å². The lowest BCUT2D eigenvalue weighted by molar-refractivity contribution is 0.0995. The Hall–Kier alpha value is -2.36. The second kappa shape index (κ2) is 4.87. The van der Waals surface area contributed by atoms with Crippen LogP contribution in [0, 0.1) is 11.3 Å². The highest BCUT2D eigenvalue weighted by atomic mass is 16.1. The first-order valence-corrected chi connectivity index (χ1v) is 5.76. The molecule has 1 aliphatic heterocycles. The van der Waals surface area contributed by atoms with Gasteiger partial charge >= 0.3 is 0 Å². The minimum absolute atomic E-state index is 0.00173. The van der Waals surface area contributed by atoms with Gasteiger partial charge in [0.15, 0.2) is 5.69 Å². The molecule has 0 unspecified atom stereocenters. The van der Waals surface area contributed by atoms with Gasteiger partial charge in [-0.2, -0.15) is 10.2 Å². The van der Waals surface area contributed by atoms with Crippen molar-refractivity contribution in [3.8, 4) is 6.07 Å². The minimum Gasteiger partial charge on any atom is -0.382 e. The van der Waals surface area contributed by atoms with Crippen LogP contribution in [0.1, 0.15) is 35.3 Å². The van der Waals surface area contributed by atoms with Crippen LogP contribution in [0.5, 0.6) is 0 Å². The Morgan fingerprint density at radius 2 is 1.94 bits per heavy atom. The average molecular weight is 246 g/mol. The summed E-state index contributed by atoms with van der Waals surface area (Å²) in [5.41, 5.74) is 10.7. The predicted molar refractivity (Wildman–Crippen MR) is 65.7 cm³/mol. The highest BCUT2D eigenvalue weighted by molar-refractivity contribution is 5.95. The smallest absolute Gasteiger partial charge is 0.268 e. The summed E-state index contributed by atoms with van der Waals surface area (Å²) >= 11 is 0. The fraction of sp³-hybridized carbons (Fsp3) is 0.455. The molecule has 1 fully saturated rings. The maximum Gasteiger partial charge on any atom is 0.268 e. The van der Waals surface area contributed by atoms with Gasteiger partial charge in [0.2, 0.25) is 5.95 Å². The normalized spacial score (nSPS) is 15.2. The topological polar surface area (TPSA) is 122 Å². The van der Waals surface area contributed by atoms with Crippen LogP contribution in [0.4, 0.5) is 11.8 Å². The molecule has 1 aromatic heterocycles. The van der Waals surface area contributed by atoms with Crippen LogP contribution in [0.2, 0.25) is 0 Å². The number of hydrogen-bond donors (Lipinski definition) is 2. The third-order valence-electron chi connectivity index (χ3n) is 2.91. The molecule has 18 heavy (non-hydrogen) atoms. The number of nitrogen functional groups attached to an aromatic ring is 1. The van der Waals surface area contributed by atoms with Gasteiger partial charge in [-0.15, -0.1) is 0 Å². The lowest BCUT2D eigenvalue weighted by atomic mass is 10.1. The van der Waals surface area contributed by atoms with Gasteiger partial charge in [0.1, 0.15) is 17.5 Å². The van der Waals surface area contributed by atoms with Crippen LogP contribution < -0.4 is 16.4 Å². The molecule has 0 atom stereocenters. The van der Waals surface area contributed by atoms with E-state index >= 15 is 0 Å². The summed E-state index contributed by atoms with van der Waals surface area (Å²) in [6.07, 6.45) is 3.27. The number of nitrogens with zero attached hydrogens (tertiary/aromatic N) is 4. The molecule has 1 aromatic rings. The Kier molecular flexibility index (Phi) is 3.28. The van der Waals surface area contributed by atoms with Crippen molar-refractivity contribution in [2.45, 2.75) is 19.3 Å². The lowest BCUT2D eigenvalue weighted by Gasteiger charge is -2.27. The van der Waals surface area contributed by atoms with E-state index in [1.54, 1.807) is 6.07 Å². The number of carbonyl (C=O) groups excluding carboxylic acids is 1. The van der Waals surface area contributed by atoms with Crippen molar-refractivity contribution in [2.24, 2.45) is 5.73 Å². The zero-order valence-corrected chi connectivity index (χ0v) is 9.89. The van der Waals surface area contributed by atoms with Gasteiger partial charge in [-0.3, -0.25) is 4.79 Å². The molecule has 1 amide bonds. The van der Waals surface area contributed by atoms with Crippen molar-refractivity contribution >= 4 is 17.7 Å². The van der Waals surface area contributed by atoms with Gasteiger partial charge in [-0.1, -0.05) is 0 Å². The van der Waals surface area contributed by atoms with Gasteiger partial charge < -0.3 is 16.4 Å². The van der Waals surface area contributed by atoms with Crippen LogP contribution in [0.25, 0.3) is 0 Å². The largest absolute Gasteiger partial charge is 0.382 e. The molecule has 2 rings (SSSR count). The fourth-order valence-corrected chi connectivity index (χ4v) is 1.99. The van der Waals surface area contributed by atoms with E-state index in [4.69, 9.17) is 16.7 Å². The molecule has 7 nitrogen and oxygen atoms in total. The van der Waals surface area contributed by atoms with Gasteiger partial charge in [0.05, 0.1) is 0 Å². The summed E-state index contributed by atoms with van der Waals surface area (Å²) in [7, 11) is 0. The number of aromatic nitrogens is 2.